The van der Waals surface area contributed by atoms with Crippen molar-refractivity contribution in [3.63, 3.8) is 0 Å². The Morgan fingerprint density at radius 3 is 2.50 bits per heavy atom. The van der Waals surface area contributed by atoms with Crippen LogP contribution in [0.5, 0.6) is 0 Å². The van der Waals surface area contributed by atoms with Crippen molar-refractivity contribution < 1.29 is 22.3 Å². The van der Waals surface area contributed by atoms with Gasteiger partial charge in [0.15, 0.2) is 0 Å². The molecule has 2 atom stereocenters. The summed E-state index contributed by atoms with van der Waals surface area (Å²) in [6, 6.07) is 0. The first-order valence-corrected chi connectivity index (χ1v) is 4.78. The third-order valence-electron chi connectivity index (χ3n) is 1.66. The van der Waals surface area contributed by atoms with Crippen LogP contribution in [0.3, 0.4) is 0 Å². The highest BCUT2D eigenvalue weighted by Crippen LogP contribution is 2.34. The molecule has 0 amide bonds. The Hall–Kier alpha value is -0.270. The van der Waals surface area contributed by atoms with Crippen LogP contribution >= 0.6 is 22.6 Å². The number of allylic oxidation sites excluding steroid dienone is 3. The van der Waals surface area contributed by atoms with Gasteiger partial charge in [-0.2, -0.15) is 0 Å². The van der Waals surface area contributed by atoms with Gasteiger partial charge in [0.05, 0.1) is 3.42 Å². The summed E-state index contributed by atoms with van der Waals surface area (Å²) >= 11 is 1.82. The van der Waals surface area contributed by atoms with Gasteiger partial charge in [0, 0.05) is 0 Å². The molecule has 1 nitrogen and oxygen atoms in total. The summed E-state index contributed by atoms with van der Waals surface area (Å²) in [7, 11) is 0. The fourth-order valence-corrected chi connectivity index (χ4v) is 1.26. The smallest absolute Gasteiger partial charge is 0.406 e. The zero-order valence-corrected chi connectivity index (χ0v) is 9.26. The van der Waals surface area contributed by atoms with Gasteiger partial charge in [-0.1, -0.05) is 28.7 Å². The Kier molecular flexibility index (Phi) is 3.13. The third kappa shape index (κ3) is 3.14. The van der Waals surface area contributed by atoms with Crippen molar-refractivity contribution in [1.82, 2.24) is 0 Å². The van der Waals surface area contributed by atoms with E-state index in [1.807, 2.05) is 22.6 Å². The molecule has 0 aromatic carbocycles. The molecule has 1 aliphatic rings. The lowest BCUT2D eigenvalue weighted by Crippen LogP contribution is -2.29. The van der Waals surface area contributed by atoms with Gasteiger partial charge >= 0.3 is 6.36 Å². The maximum absolute atomic E-state index is 13.2. The zero-order valence-electron chi connectivity index (χ0n) is 7.11. The highest BCUT2D eigenvalue weighted by molar-refractivity contribution is 14.1. The van der Waals surface area contributed by atoms with E-state index in [0.717, 1.165) is 12.2 Å². The van der Waals surface area contributed by atoms with E-state index in [1.165, 1.54) is 6.08 Å². The average Bonchev–Trinajstić information content (AvgIpc) is 1.95. The molecule has 0 aromatic rings. The molecule has 0 heterocycles. The van der Waals surface area contributed by atoms with Crippen molar-refractivity contribution in [3.8, 4) is 0 Å². The molecule has 0 aliphatic heterocycles. The number of hydrogen-bond donors (Lipinski definition) is 0. The van der Waals surface area contributed by atoms with Crippen LogP contribution in [0, 0.1) is 0 Å². The second-order valence-corrected chi connectivity index (χ2v) is 5.33. The number of ether oxygens (including phenoxy) is 1. The van der Waals surface area contributed by atoms with E-state index in [0.29, 0.717) is 0 Å². The van der Waals surface area contributed by atoms with Gasteiger partial charge in [-0.05, 0) is 19.1 Å². The molecule has 2 unspecified atom stereocenters. The molecule has 0 aromatic heterocycles. The van der Waals surface area contributed by atoms with Gasteiger partial charge in [0.2, 0.25) is 0 Å². The number of rotatable bonds is 1. The van der Waals surface area contributed by atoms with Crippen LogP contribution in [0.15, 0.2) is 24.0 Å². The average molecular weight is 322 g/mol. The topological polar surface area (TPSA) is 9.23 Å². The molecular formula is C8H7F4IO. The first-order chi connectivity index (χ1) is 6.21. The van der Waals surface area contributed by atoms with Crippen LogP contribution in [0.4, 0.5) is 17.6 Å². The molecule has 80 valence electrons. The molecule has 0 bridgehead atoms. The quantitative estimate of drug-likeness (QED) is 0.408. The van der Waals surface area contributed by atoms with E-state index >= 15 is 0 Å². The molecule has 0 saturated carbocycles. The van der Waals surface area contributed by atoms with Crippen molar-refractivity contribution in [2.75, 3.05) is 0 Å². The zero-order chi connectivity index (χ0) is 11.0. The lowest BCUT2D eigenvalue weighted by Gasteiger charge is -2.25. The first kappa shape index (κ1) is 11.8. The van der Waals surface area contributed by atoms with Gasteiger partial charge in [-0.15, -0.1) is 13.2 Å². The highest BCUT2D eigenvalue weighted by Gasteiger charge is 2.36. The van der Waals surface area contributed by atoms with E-state index in [4.69, 9.17) is 0 Å². The van der Waals surface area contributed by atoms with Crippen molar-refractivity contribution in [2.24, 2.45) is 0 Å². The number of halogens is 5. The largest absolute Gasteiger partial charge is 0.573 e. The number of alkyl halides is 5. The summed E-state index contributed by atoms with van der Waals surface area (Å²) in [6.45, 7) is 1.58. The predicted octanol–water partition coefficient (Wildman–Crippen LogP) is 3.51. The van der Waals surface area contributed by atoms with Crippen LogP contribution < -0.4 is 0 Å². The van der Waals surface area contributed by atoms with Gasteiger partial charge in [-0.3, -0.25) is 0 Å². The minimum absolute atomic E-state index is 0.501. The maximum atomic E-state index is 13.2. The van der Waals surface area contributed by atoms with E-state index in [2.05, 4.69) is 4.74 Å². The predicted molar refractivity (Wildman–Crippen MR) is 51.7 cm³/mol. The van der Waals surface area contributed by atoms with E-state index < -0.39 is 21.7 Å². The summed E-state index contributed by atoms with van der Waals surface area (Å²) in [5.74, 6) is -0.501. The second-order valence-electron chi connectivity index (χ2n) is 3.00. The fourth-order valence-electron chi connectivity index (χ4n) is 0.901. The first-order valence-electron chi connectivity index (χ1n) is 3.70. The van der Waals surface area contributed by atoms with Gasteiger partial charge in [0.1, 0.15) is 11.9 Å². The van der Waals surface area contributed by atoms with Crippen LogP contribution in [-0.2, 0) is 4.74 Å². The Morgan fingerprint density at radius 2 is 2.07 bits per heavy atom. The fraction of sp³-hybridized carbons (Fsp3) is 0.500. The maximum Gasteiger partial charge on any atom is 0.573 e. The Labute approximate surface area is 91.9 Å². The normalized spacial score (nSPS) is 32.7. The standard InChI is InChI=1S/C8H7F4IO/c1-7(13)3-2-5(4-6(7)9)14-8(10,11)12/h2-4,6H,1H3. The summed E-state index contributed by atoms with van der Waals surface area (Å²) < 4.78 is 51.2. The minimum atomic E-state index is -4.77. The van der Waals surface area contributed by atoms with E-state index in [1.54, 1.807) is 6.92 Å². The molecule has 1 rings (SSSR count). The Bertz CT molecular complexity index is 280. The molecule has 0 fully saturated rings. The SMILES string of the molecule is CC1(I)C=CC(OC(F)(F)F)=CC1F. The van der Waals surface area contributed by atoms with Crippen molar-refractivity contribution >= 4 is 22.6 Å². The highest BCUT2D eigenvalue weighted by atomic mass is 127. The molecule has 1 aliphatic carbocycles. The third-order valence-corrected chi connectivity index (χ3v) is 2.61. The molecule has 14 heavy (non-hydrogen) atoms. The van der Waals surface area contributed by atoms with E-state index in [9.17, 15) is 17.6 Å². The summed E-state index contributed by atoms with van der Waals surface area (Å²) in [6.07, 6.45) is -2.96. The minimum Gasteiger partial charge on any atom is -0.406 e. The number of hydrogen-bond acceptors (Lipinski definition) is 1. The molecule has 0 saturated heterocycles. The van der Waals surface area contributed by atoms with Crippen LogP contribution in [0.2, 0.25) is 0 Å². The molecule has 6 heteroatoms. The second kappa shape index (κ2) is 3.71. The van der Waals surface area contributed by atoms with E-state index in [-0.39, 0.29) is 0 Å². The van der Waals surface area contributed by atoms with Gasteiger partial charge in [0.25, 0.3) is 0 Å². The summed E-state index contributed by atoms with van der Waals surface area (Å²) in [4.78, 5) is 0. The summed E-state index contributed by atoms with van der Waals surface area (Å²) in [5.41, 5.74) is 0. The van der Waals surface area contributed by atoms with Crippen LogP contribution in [0.25, 0.3) is 0 Å². The Morgan fingerprint density at radius 1 is 1.50 bits per heavy atom. The van der Waals surface area contributed by atoms with Gasteiger partial charge in [-0.25, -0.2) is 4.39 Å². The molecule has 0 spiro atoms. The molecule has 0 N–H and O–H groups in total. The molecule has 0 radical (unpaired) electrons. The lowest BCUT2D eigenvalue weighted by molar-refractivity contribution is -0.303. The Balaban J connectivity index is 2.73. The van der Waals surface area contributed by atoms with Crippen molar-refractivity contribution in [3.05, 3.63) is 24.0 Å². The van der Waals surface area contributed by atoms with Crippen LogP contribution in [-0.4, -0.2) is 16.0 Å². The molecular weight excluding hydrogens is 315 g/mol. The monoisotopic (exact) mass is 322 g/mol. The van der Waals surface area contributed by atoms with Crippen LogP contribution in [0.1, 0.15) is 6.92 Å². The summed E-state index contributed by atoms with van der Waals surface area (Å²) in [5, 5.41) is 0. The van der Waals surface area contributed by atoms with Crippen molar-refractivity contribution in [1.29, 1.82) is 0 Å². The van der Waals surface area contributed by atoms with Crippen molar-refractivity contribution in [2.45, 2.75) is 22.9 Å². The lowest BCUT2D eigenvalue weighted by atomic mass is 10.0. The van der Waals surface area contributed by atoms with Gasteiger partial charge < -0.3 is 4.74 Å².